The molecule has 0 N–H and O–H groups in total. The Morgan fingerprint density at radius 2 is 2.04 bits per heavy atom. The number of hydrogen-bond acceptors (Lipinski definition) is 5. The Balaban J connectivity index is 2.19. The number of pyridine rings is 1. The summed E-state index contributed by atoms with van der Waals surface area (Å²) in [5.74, 6) is -2.83. The summed E-state index contributed by atoms with van der Waals surface area (Å²) in [6, 6.07) is 10.2. The van der Waals surface area contributed by atoms with E-state index in [2.05, 4.69) is 4.98 Å². The molecule has 1 aliphatic rings. The molecule has 3 rings (SSSR count). The van der Waals surface area contributed by atoms with Crippen LogP contribution in [0.15, 0.2) is 36.4 Å². The molecule has 0 bridgehead atoms. The lowest BCUT2D eigenvalue weighted by Gasteiger charge is -2.19. The van der Waals surface area contributed by atoms with Gasteiger partial charge in [-0.2, -0.15) is 4.98 Å². The minimum absolute atomic E-state index is 0.00222. The molecule has 126 valence electrons. The Labute approximate surface area is 136 Å². The van der Waals surface area contributed by atoms with E-state index in [0.717, 1.165) is 0 Å². The van der Waals surface area contributed by atoms with Crippen LogP contribution in [0.2, 0.25) is 0 Å². The molecule has 2 aromatic rings. The molecule has 8 heteroatoms. The number of nitro groups is 1. The normalized spacial score (nSPS) is 16.2. The van der Waals surface area contributed by atoms with Crippen LogP contribution in [0.3, 0.4) is 0 Å². The average molecular weight is 335 g/mol. The number of anilines is 1. The molecule has 0 radical (unpaired) electrons. The van der Waals surface area contributed by atoms with E-state index in [1.807, 2.05) is 0 Å². The summed E-state index contributed by atoms with van der Waals surface area (Å²) in [6.07, 6.45) is -0.357. The summed E-state index contributed by atoms with van der Waals surface area (Å²) in [5.41, 5.74) is 0.592. The van der Waals surface area contributed by atoms with E-state index < -0.39 is 17.4 Å². The summed E-state index contributed by atoms with van der Waals surface area (Å²) in [7, 11) is 1.38. The van der Waals surface area contributed by atoms with Gasteiger partial charge in [-0.1, -0.05) is 30.3 Å². The van der Waals surface area contributed by atoms with Crippen molar-refractivity contribution in [3.8, 4) is 17.0 Å². The molecule has 6 nitrogen and oxygen atoms in total. The largest absolute Gasteiger partial charge is 0.481 e. The smallest absolute Gasteiger partial charge is 0.319 e. The first kappa shape index (κ1) is 16.1. The minimum Gasteiger partial charge on any atom is -0.481 e. The topological polar surface area (TPSA) is 68.5 Å². The summed E-state index contributed by atoms with van der Waals surface area (Å²) in [4.78, 5) is 16.4. The fraction of sp³-hybridized carbons (Fsp3) is 0.312. The van der Waals surface area contributed by atoms with E-state index in [4.69, 9.17) is 4.74 Å². The Morgan fingerprint density at radius 3 is 2.58 bits per heavy atom. The maximum atomic E-state index is 13.5. The highest BCUT2D eigenvalue weighted by Gasteiger charge is 2.41. The highest BCUT2D eigenvalue weighted by atomic mass is 19.3. The van der Waals surface area contributed by atoms with E-state index in [9.17, 15) is 18.9 Å². The first-order chi connectivity index (χ1) is 11.4. The van der Waals surface area contributed by atoms with Crippen LogP contribution in [0.1, 0.15) is 6.42 Å². The van der Waals surface area contributed by atoms with Gasteiger partial charge in [-0.15, -0.1) is 0 Å². The third-order valence-corrected chi connectivity index (χ3v) is 3.90. The fourth-order valence-electron chi connectivity index (χ4n) is 2.76. The molecule has 0 amide bonds. The average Bonchev–Trinajstić information content (AvgIpc) is 2.94. The van der Waals surface area contributed by atoms with Crippen LogP contribution in [-0.2, 0) is 0 Å². The molecule has 0 unspecified atom stereocenters. The maximum Gasteiger partial charge on any atom is 0.319 e. The van der Waals surface area contributed by atoms with Crippen LogP contribution in [0.4, 0.5) is 20.3 Å². The standard InChI is InChI=1S/C16H15F2N3O3/c1-24-13-9-12(11-5-3-2-4-6-11)14(21(22)23)15(19-13)20-8-7-16(17,18)10-20/h2-6,9H,7-8,10H2,1H3. The van der Waals surface area contributed by atoms with Crippen molar-refractivity contribution >= 4 is 11.5 Å². The molecule has 1 aromatic carbocycles. The number of rotatable bonds is 4. The van der Waals surface area contributed by atoms with Gasteiger partial charge in [-0.05, 0) is 5.56 Å². The van der Waals surface area contributed by atoms with Crippen molar-refractivity contribution in [3.63, 3.8) is 0 Å². The second kappa shape index (κ2) is 6.03. The Kier molecular flexibility index (Phi) is 4.04. The fourth-order valence-corrected chi connectivity index (χ4v) is 2.76. The molecular weight excluding hydrogens is 320 g/mol. The van der Waals surface area contributed by atoms with Gasteiger partial charge >= 0.3 is 5.69 Å². The number of alkyl halides is 2. The second-order valence-electron chi connectivity index (χ2n) is 5.54. The summed E-state index contributed by atoms with van der Waals surface area (Å²) in [6.45, 7) is -0.593. The van der Waals surface area contributed by atoms with Crippen LogP contribution >= 0.6 is 0 Å². The van der Waals surface area contributed by atoms with E-state index >= 15 is 0 Å². The molecule has 0 aliphatic carbocycles. The number of halogens is 2. The van der Waals surface area contributed by atoms with Gasteiger partial charge < -0.3 is 9.64 Å². The van der Waals surface area contributed by atoms with Crippen molar-refractivity contribution in [2.24, 2.45) is 0 Å². The number of aromatic nitrogens is 1. The monoisotopic (exact) mass is 335 g/mol. The predicted octanol–water partition coefficient (Wildman–Crippen LogP) is 3.51. The Hall–Kier alpha value is -2.77. The van der Waals surface area contributed by atoms with E-state index in [1.54, 1.807) is 30.3 Å². The number of ether oxygens (including phenoxy) is 1. The van der Waals surface area contributed by atoms with E-state index in [-0.39, 0.29) is 35.9 Å². The van der Waals surface area contributed by atoms with Crippen LogP contribution in [0.25, 0.3) is 11.1 Å². The number of benzene rings is 1. The molecule has 1 aromatic heterocycles. The second-order valence-corrected chi connectivity index (χ2v) is 5.54. The molecule has 1 saturated heterocycles. The molecule has 0 atom stereocenters. The third-order valence-electron chi connectivity index (χ3n) is 3.90. The molecule has 0 spiro atoms. The maximum absolute atomic E-state index is 13.5. The van der Waals surface area contributed by atoms with Crippen molar-refractivity contribution in [3.05, 3.63) is 46.5 Å². The summed E-state index contributed by atoms with van der Waals surface area (Å²) in [5, 5.41) is 11.6. The van der Waals surface area contributed by atoms with Crippen molar-refractivity contribution in [2.75, 3.05) is 25.1 Å². The summed E-state index contributed by atoms with van der Waals surface area (Å²) >= 11 is 0. The van der Waals surface area contributed by atoms with Crippen LogP contribution in [0, 0.1) is 10.1 Å². The molecule has 24 heavy (non-hydrogen) atoms. The van der Waals surface area contributed by atoms with E-state index in [0.29, 0.717) is 5.56 Å². The van der Waals surface area contributed by atoms with Crippen LogP contribution < -0.4 is 9.64 Å². The van der Waals surface area contributed by atoms with Gasteiger partial charge in [0.15, 0.2) is 0 Å². The van der Waals surface area contributed by atoms with Gasteiger partial charge in [0, 0.05) is 19.0 Å². The zero-order chi connectivity index (χ0) is 17.3. The molecule has 1 aliphatic heterocycles. The third kappa shape index (κ3) is 2.99. The van der Waals surface area contributed by atoms with Gasteiger partial charge in [0.1, 0.15) is 0 Å². The van der Waals surface area contributed by atoms with Gasteiger partial charge in [0.25, 0.3) is 5.92 Å². The summed E-state index contributed by atoms with van der Waals surface area (Å²) < 4.78 is 32.2. The lowest BCUT2D eigenvalue weighted by atomic mass is 10.0. The number of hydrogen-bond donors (Lipinski definition) is 0. The molecule has 2 heterocycles. The van der Waals surface area contributed by atoms with Crippen LogP contribution in [0.5, 0.6) is 5.88 Å². The van der Waals surface area contributed by atoms with Gasteiger partial charge in [-0.3, -0.25) is 10.1 Å². The minimum atomic E-state index is -2.88. The van der Waals surface area contributed by atoms with E-state index in [1.165, 1.54) is 18.1 Å². The first-order valence-corrected chi connectivity index (χ1v) is 7.33. The van der Waals surface area contributed by atoms with Gasteiger partial charge in [-0.25, -0.2) is 8.78 Å². The quantitative estimate of drug-likeness (QED) is 0.632. The van der Waals surface area contributed by atoms with Crippen molar-refractivity contribution in [2.45, 2.75) is 12.3 Å². The lowest BCUT2D eigenvalue weighted by molar-refractivity contribution is -0.383. The molecule has 1 fully saturated rings. The number of methoxy groups -OCH3 is 1. The number of nitrogens with zero attached hydrogens (tertiary/aromatic N) is 3. The van der Waals surface area contributed by atoms with Crippen molar-refractivity contribution in [1.82, 2.24) is 4.98 Å². The van der Waals surface area contributed by atoms with Crippen molar-refractivity contribution in [1.29, 1.82) is 0 Å². The highest BCUT2D eigenvalue weighted by Crippen LogP contribution is 2.42. The first-order valence-electron chi connectivity index (χ1n) is 7.33. The van der Waals surface area contributed by atoms with Gasteiger partial charge in [0.2, 0.25) is 11.7 Å². The molecular formula is C16H15F2N3O3. The Bertz CT molecular complexity index is 769. The zero-order valence-electron chi connectivity index (χ0n) is 12.9. The highest BCUT2D eigenvalue weighted by molar-refractivity contribution is 5.81. The van der Waals surface area contributed by atoms with Gasteiger partial charge in [0.05, 0.1) is 24.1 Å². The lowest BCUT2D eigenvalue weighted by Crippen LogP contribution is -2.26. The van der Waals surface area contributed by atoms with Crippen molar-refractivity contribution < 1.29 is 18.4 Å². The predicted molar refractivity (Wildman–Crippen MR) is 84.7 cm³/mol. The van der Waals surface area contributed by atoms with Crippen LogP contribution in [-0.4, -0.2) is 36.0 Å². The zero-order valence-corrected chi connectivity index (χ0v) is 12.9. The Morgan fingerprint density at radius 1 is 1.33 bits per heavy atom. The molecule has 0 saturated carbocycles. The SMILES string of the molecule is COc1cc(-c2ccccc2)c([N+](=O)[O-])c(N2CCC(F)(F)C2)n1.